The van der Waals surface area contributed by atoms with Gasteiger partial charge >= 0.3 is 0 Å². The van der Waals surface area contributed by atoms with Crippen LogP contribution in [0, 0.1) is 0 Å². The molecule has 0 amide bonds. The van der Waals surface area contributed by atoms with E-state index < -0.39 is 0 Å². The predicted octanol–water partition coefficient (Wildman–Crippen LogP) is 2.83. The molecule has 1 aromatic heterocycles. The van der Waals surface area contributed by atoms with Crippen molar-refractivity contribution in [2.45, 2.75) is 26.3 Å². The molecule has 0 unspecified atom stereocenters. The highest BCUT2D eigenvalue weighted by Gasteiger charge is 2.06. The van der Waals surface area contributed by atoms with Gasteiger partial charge in [0.2, 0.25) is 0 Å². The Morgan fingerprint density at radius 1 is 1.50 bits per heavy atom. The fourth-order valence-electron chi connectivity index (χ4n) is 0.868. The van der Waals surface area contributed by atoms with E-state index in [2.05, 4.69) is 5.32 Å². The van der Waals surface area contributed by atoms with Crippen LogP contribution in [0.2, 0.25) is 0 Å². The molecule has 14 heavy (non-hydrogen) atoms. The van der Waals surface area contributed by atoms with E-state index in [1.54, 1.807) is 12.3 Å². The average molecular weight is 209 g/mol. The van der Waals surface area contributed by atoms with Gasteiger partial charge in [0.25, 0.3) is 0 Å². The number of rotatable bonds is 3. The molecule has 0 spiro atoms. The van der Waals surface area contributed by atoms with Crippen LogP contribution in [-0.2, 0) is 0 Å². The minimum Gasteiger partial charge on any atom is -0.386 e. The van der Waals surface area contributed by atoms with Crippen molar-refractivity contribution in [3.63, 3.8) is 0 Å². The van der Waals surface area contributed by atoms with Gasteiger partial charge in [0.15, 0.2) is 5.78 Å². The summed E-state index contributed by atoms with van der Waals surface area (Å²) in [5.41, 5.74) is 0.00618. The lowest BCUT2D eigenvalue weighted by molar-refractivity contribution is 0.105. The SMILES string of the molecule is CC(C)(C)N/C=C\C(=O)c1cccs1. The summed E-state index contributed by atoms with van der Waals surface area (Å²) in [5.74, 6) is 0.0525. The van der Waals surface area contributed by atoms with E-state index >= 15 is 0 Å². The van der Waals surface area contributed by atoms with Gasteiger partial charge in [0.1, 0.15) is 0 Å². The molecule has 0 atom stereocenters. The number of nitrogens with one attached hydrogen (secondary N) is 1. The average Bonchev–Trinajstić information content (AvgIpc) is 2.53. The summed E-state index contributed by atoms with van der Waals surface area (Å²) >= 11 is 1.46. The third-order valence-corrected chi connectivity index (χ3v) is 2.40. The van der Waals surface area contributed by atoms with Gasteiger partial charge in [-0.05, 0) is 32.2 Å². The van der Waals surface area contributed by atoms with E-state index in [4.69, 9.17) is 0 Å². The zero-order valence-corrected chi connectivity index (χ0v) is 9.52. The smallest absolute Gasteiger partial charge is 0.197 e. The third kappa shape index (κ3) is 3.75. The number of carbonyl (C=O) groups is 1. The molecule has 1 heterocycles. The van der Waals surface area contributed by atoms with E-state index in [1.807, 2.05) is 38.3 Å². The second-order valence-corrected chi connectivity index (χ2v) is 5.02. The molecule has 0 saturated heterocycles. The fraction of sp³-hybridized carbons (Fsp3) is 0.364. The number of hydrogen-bond donors (Lipinski definition) is 1. The Balaban J connectivity index is 2.50. The Morgan fingerprint density at radius 3 is 2.71 bits per heavy atom. The Hall–Kier alpha value is -1.09. The lowest BCUT2D eigenvalue weighted by Crippen LogP contribution is -2.31. The summed E-state index contributed by atoms with van der Waals surface area (Å²) in [6.07, 6.45) is 3.28. The summed E-state index contributed by atoms with van der Waals surface area (Å²) in [4.78, 5) is 12.3. The molecule has 0 bridgehead atoms. The van der Waals surface area contributed by atoms with Crippen molar-refractivity contribution in [1.29, 1.82) is 0 Å². The maximum atomic E-state index is 11.5. The maximum absolute atomic E-state index is 11.5. The molecular weight excluding hydrogens is 194 g/mol. The molecule has 1 aromatic rings. The van der Waals surface area contributed by atoms with Gasteiger partial charge in [-0.25, -0.2) is 0 Å². The Kier molecular flexibility index (Phi) is 3.47. The largest absolute Gasteiger partial charge is 0.386 e. The van der Waals surface area contributed by atoms with Gasteiger partial charge < -0.3 is 5.32 Å². The topological polar surface area (TPSA) is 29.1 Å². The first-order valence-electron chi connectivity index (χ1n) is 4.51. The van der Waals surface area contributed by atoms with E-state index in [-0.39, 0.29) is 11.3 Å². The molecular formula is C11H15NOS. The predicted molar refractivity (Wildman–Crippen MR) is 60.7 cm³/mol. The highest BCUT2D eigenvalue weighted by Crippen LogP contribution is 2.09. The summed E-state index contributed by atoms with van der Waals surface area (Å²) < 4.78 is 0. The molecule has 3 heteroatoms. The van der Waals surface area contributed by atoms with Crippen LogP contribution >= 0.6 is 11.3 Å². The summed E-state index contributed by atoms with van der Waals surface area (Å²) in [7, 11) is 0. The second kappa shape index (κ2) is 4.42. The van der Waals surface area contributed by atoms with Crippen LogP contribution in [-0.4, -0.2) is 11.3 Å². The molecule has 0 aliphatic carbocycles. The van der Waals surface area contributed by atoms with Gasteiger partial charge in [-0.15, -0.1) is 11.3 Å². The van der Waals surface area contributed by atoms with Crippen molar-refractivity contribution in [2.75, 3.05) is 0 Å². The van der Waals surface area contributed by atoms with Crippen LogP contribution in [0.4, 0.5) is 0 Å². The van der Waals surface area contributed by atoms with Crippen molar-refractivity contribution < 1.29 is 4.79 Å². The summed E-state index contributed by atoms with van der Waals surface area (Å²) in [6.45, 7) is 6.15. The van der Waals surface area contributed by atoms with Crippen LogP contribution in [0.1, 0.15) is 30.4 Å². The number of ketones is 1. The normalized spacial score (nSPS) is 11.9. The van der Waals surface area contributed by atoms with Crippen molar-refractivity contribution >= 4 is 17.1 Å². The fourth-order valence-corrected chi connectivity index (χ4v) is 1.51. The van der Waals surface area contributed by atoms with Gasteiger partial charge in [-0.1, -0.05) is 6.07 Å². The summed E-state index contributed by atoms with van der Waals surface area (Å²) in [5, 5.41) is 5.02. The van der Waals surface area contributed by atoms with Crippen LogP contribution in [0.15, 0.2) is 29.8 Å². The summed E-state index contributed by atoms with van der Waals surface area (Å²) in [6, 6.07) is 3.71. The molecule has 0 saturated carbocycles. The minimum absolute atomic E-state index is 0.00618. The number of thiophene rings is 1. The van der Waals surface area contributed by atoms with Crippen molar-refractivity contribution in [1.82, 2.24) is 5.32 Å². The number of hydrogen-bond acceptors (Lipinski definition) is 3. The lowest BCUT2D eigenvalue weighted by Gasteiger charge is -2.18. The van der Waals surface area contributed by atoms with E-state index in [9.17, 15) is 4.79 Å². The lowest BCUT2D eigenvalue weighted by atomic mass is 10.1. The Labute approximate surface area is 88.6 Å². The van der Waals surface area contributed by atoms with Crippen molar-refractivity contribution in [3.05, 3.63) is 34.7 Å². The molecule has 0 radical (unpaired) electrons. The third-order valence-electron chi connectivity index (χ3n) is 1.52. The van der Waals surface area contributed by atoms with Gasteiger partial charge in [-0.2, -0.15) is 0 Å². The zero-order valence-electron chi connectivity index (χ0n) is 8.70. The van der Waals surface area contributed by atoms with Gasteiger partial charge in [0.05, 0.1) is 4.88 Å². The van der Waals surface area contributed by atoms with Crippen LogP contribution in [0.5, 0.6) is 0 Å². The Morgan fingerprint density at radius 2 is 2.21 bits per heavy atom. The van der Waals surface area contributed by atoms with E-state index in [1.165, 1.54) is 11.3 Å². The Bertz CT molecular complexity index is 320. The van der Waals surface area contributed by atoms with Crippen molar-refractivity contribution in [3.8, 4) is 0 Å². The maximum Gasteiger partial charge on any atom is 0.197 e. The molecule has 2 nitrogen and oxygen atoms in total. The highest BCUT2D eigenvalue weighted by molar-refractivity contribution is 7.12. The van der Waals surface area contributed by atoms with Gasteiger partial charge in [0, 0.05) is 17.8 Å². The van der Waals surface area contributed by atoms with Gasteiger partial charge in [-0.3, -0.25) is 4.79 Å². The highest BCUT2D eigenvalue weighted by atomic mass is 32.1. The van der Waals surface area contributed by atoms with E-state index in [0.717, 1.165) is 4.88 Å². The standard InChI is InChI=1S/C11H15NOS/c1-11(2,3)12-7-6-9(13)10-5-4-8-14-10/h4-8,12H,1-3H3/b7-6-. The molecule has 0 aliphatic rings. The number of carbonyl (C=O) groups excluding carboxylic acids is 1. The van der Waals surface area contributed by atoms with Crippen LogP contribution in [0.25, 0.3) is 0 Å². The molecule has 1 rings (SSSR count). The zero-order chi connectivity index (χ0) is 10.6. The molecule has 76 valence electrons. The monoisotopic (exact) mass is 209 g/mol. The number of allylic oxidation sites excluding steroid dienone is 1. The first-order chi connectivity index (χ1) is 6.49. The van der Waals surface area contributed by atoms with Crippen LogP contribution in [0.3, 0.4) is 0 Å². The first kappa shape index (κ1) is 11.0. The minimum atomic E-state index is 0.00618. The second-order valence-electron chi connectivity index (χ2n) is 4.07. The molecule has 0 aromatic carbocycles. The van der Waals surface area contributed by atoms with E-state index in [0.29, 0.717) is 0 Å². The molecule has 0 fully saturated rings. The molecule has 1 N–H and O–H groups in total. The molecule has 0 aliphatic heterocycles. The quantitative estimate of drug-likeness (QED) is 0.612. The van der Waals surface area contributed by atoms with Crippen LogP contribution < -0.4 is 5.32 Å². The van der Waals surface area contributed by atoms with Crippen molar-refractivity contribution in [2.24, 2.45) is 0 Å². The first-order valence-corrected chi connectivity index (χ1v) is 5.39.